The normalized spacial score (nSPS) is 13.6. The molecule has 0 saturated heterocycles. The smallest absolute Gasteiger partial charge is 0.326 e. The summed E-state index contributed by atoms with van der Waals surface area (Å²) >= 11 is 0. The van der Waals surface area contributed by atoms with E-state index in [4.69, 9.17) is 10.5 Å². The molecule has 2 atom stereocenters. The zero-order valence-electron chi connectivity index (χ0n) is 35.4. The first-order chi connectivity index (χ1) is 27.4. The first-order valence-electron chi connectivity index (χ1n) is 22.1. The number of carboxylic acids is 1. The zero-order valence-corrected chi connectivity index (χ0v) is 35.4. The predicted molar refractivity (Wildman–Crippen MR) is 238 cm³/mol. The summed E-state index contributed by atoms with van der Waals surface area (Å²) in [5, 5.41) is 11.9. The van der Waals surface area contributed by atoms with Gasteiger partial charge in [0.15, 0.2) is 0 Å². The van der Waals surface area contributed by atoms with E-state index < -0.39 is 12.0 Å². The number of carbonyl (C=O) groups is 3. The van der Waals surface area contributed by atoms with Crippen molar-refractivity contribution in [1.82, 2.24) is 5.32 Å². The van der Waals surface area contributed by atoms with E-state index in [-0.39, 0.29) is 18.0 Å². The van der Waals surface area contributed by atoms with Crippen LogP contribution in [0.2, 0.25) is 0 Å². The quantitative estimate of drug-likeness (QED) is 0.0326. The van der Waals surface area contributed by atoms with Gasteiger partial charge >= 0.3 is 11.9 Å². The molecule has 7 heteroatoms. The Bertz CT molecular complexity index is 1190. The van der Waals surface area contributed by atoms with Crippen LogP contribution in [-0.4, -0.2) is 41.6 Å². The van der Waals surface area contributed by atoms with Gasteiger partial charge in [0.1, 0.15) is 12.1 Å². The minimum Gasteiger partial charge on any atom is -0.480 e. The molecule has 0 aromatic heterocycles. The predicted octanol–water partition coefficient (Wildman–Crippen LogP) is 12.7. The summed E-state index contributed by atoms with van der Waals surface area (Å²) in [6, 6.07) is -0.864. The van der Waals surface area contributed by atoms with E-state index in [0.29, 0.717) is 32.2 Å². The summed E-state index contributed by atoms with van der Waals surface area (Å²) in [7, 11) is 0. The maximum atomic E-state index is 12.7. The molecule has 0 aliphatic heterocycles. The molecule has 0 saturated carbocycles. The van der Waals surface area contributed by atoms with Crippen LogP contribution in [0.25, 0.3) is 0 Å². The number of hydrogen-bond acceptors (Lipinski definition) is 5. The van der Waals surface area contributed by atoms with Gasteiger partial charge in [0.25, 0.3) is 0 Å². The molecule has 0 bridgehead atoms. The number of unbranched alkanes of at least 4 members (excludes halogenated alkanes) is 10. The summed E-state index contributed by atoms with van der Waals surface area (Å²) in [5.41, 5.74) is 5.47. The average molecular weight is 777 g/mol. The highest BCUT2D eigenvalue weighted by Gasteiger charge is 2.18. The van der Waals surface area contributed by atoms with Gasteiger partial charge in [0, 0.05) is 12.8 Å². The number of esters is 1. The van der Waals surface area contributed by atoms with Crippen LogP contribution in [-0.2, 0) is 19.1 Å². The average Bonchev–Trinajstić information content (AvgIpc) is 3.18. The third-order valence-electron chi connectivity index (χ3n) is 9.12. The van der Waals surface area contributed by atoms with E-state index in [0.717, 1.165) is 116 Å². The lowest BCUT2D eigenvalue weighted by Crippen LogP contribution is -2.40. The Morgan fingerprint density at radius 3 is 1.57 bits per heavy atom. The number of hydrogen-bond donors (Lipinski definition) is 3. The highest BCUT2D eigenvalue weighted by atomic mass is 16.5. The fourth-order valence-electron chi connectivity index (χ4n) is 5.81. The van der Waals surface area contributed by atoms with Gasteiger partial charge in [-0.1, -0.05) is 144 Å². The number of aliphatic carboxylic acids is 1. The first-order valence-corrected chi connectivity index (χ1v) is 22.1. The number of amides is 1. The highest BCUT2D eigenvalue weighted by Crippen LogP contribution is 2.15. The molecule has 4 N–H and O–H groups in total. The number of carbonyl (C=O) groups excluding carboxylic acids is 2. The number of carboxylic acid groups (broad SMARTS) is 1. The summed E-state index contributed by atoms with van der Waals surface area (Å²) in [6.45, 7) is 4.78. The van der Waals surface area contributed by atoms with E-state index in [1.807, 2.05) is 0 Å². The maximum absolute atomic E-state index is 12.7. The third-order valence-corrected chi connectivity index (χ3v) is 9.12. The van der Waals surface area contributed by atoms with Crippen molar-refractivity contribution in [1.29, 1.82) is 0 Å². The molecular weight excluding hydrogens is 697 g/mol. The number of nitrogens with one attached hydrogen (secondary N) is 1. The van der Waals surface area contributed by atoms with Gasteiger partial charge in [-0.05, 0) is 122 Å². The summed E-state index contributed by atoms with van der Waals surface area (Å²) in [6.07, 6.45) is 57.6. The Hall–Kier alpha value is -3.71. The van der Waals surface area contributed by atoms with Crippen LogP contribution >= 0.6 is 0 Å². The van der Waals surface area contributed by atoms with E-state index >= 15 is 0 Å². The van der Waals surface area contributed by atoms with Gasteiger partial charge in [-0.2, -0.15) is 0 Å². The molecule has 7 nitrogen and oxygen atoms in total. The van der Waals surface area contributed by atoms with Crippen molar-refractivity contribution in [3.05, 3.63) is 97.2 Å². The molecule has 0 aromatic rings. The van der Waals surface area contributed by atoms with Gasteiger partial charge < -0.3 is 20.9 Å². The van der Waals surface area contributed by atoms with Gasteiger partial charge in [0.2, 0.25) is 5.91 Å². The third kappa shape index (κ3) is 38.6. The molecule has 2 unspecified atom stereocenters. The molecule has 316 valence electrons. The van der Waals surface area contributed by atoms with Crippen molar-refractivity contribution in [2.24, 2.45) is 5.73 Å². The maximum Gasteiger partial charge on any atom is 0.326 e. The Labute approximate surface area is 342 Å². The van der Waals surface area contributed by atoms with Crippen LogP contribution in [0.15, 0.2) is 97.2 Å². The molecule has 0 fully saturated rings. The van der Waals surface area contributed by atoms with Gasteiger partial charge in [-0.15, -0.1) is 0 Å². The second-order valence-electron chi connectivity index (χ2n) is 14.4. The number of nitrogens with two attached hydrogens (primary N) is 1. The van der Waals surface area contributed by atoms with Crippen LogP contribution in [0, 0.1) is 0 Å². The first kappa shape index (κ1) is 52.3. The minimum absolute atomic E-state index is 0.121. The second kappa shape index (κ2) is 42.4. The molecule has 1 amide bonds. The zero-order chi connectivity index (χ0) is 41.0. The van der Waals surface area contributed by atoms with Crippen molar-refractivity contribution in [2.45, 2.75) is 187 Å². The Balaban J connectivity index is 4.35. The Morgan fingerprint density at radius 2 is 1.04 bits per heavy atom. The summed E-state index contributed by atoms with van der Waals surface area (Å²) in [5.74, 6) is -1.35. The lowest BCUT2D eigenvalue weighted by molar-refractivity contribution is -0.147. The lowest BCUT2D eigenvalue weighted by Gasteiger charge is -2.15. The van der Waals surface area contributed by atoms with Crippen LogP contribution in [0.5, 0.6) is 0 Å². The molecule has 0 aromatic carbocycles. The van der Waals surface area contributed by atoms with Gasteiger partial charge in [0.05, 0.1) is 0 Å². The second-order valence-corrected chi connectivity index (χ2v) is 14.4. The van der Waals surface area contributed by atoms with Crippen molar-refractivity contribution >= 4 is 17.8 Å². The largest absolute Gasteiger partial charge is 0.480 e. The Morgan fingerprint density at radius 1 is 0.554 bits per heavy atom. The van der Waals surface area contributed by atoms with E-state index in [1.54, 1.807) is 0 Å². The fraction of sp³-hybridized carbons (Fsp3) is 0.612. The van der Waals surface area contributed by atoms with Crippen molar-refractivity contribution < 1.29 is 24.2 Å². The molecule has 0 rings (SSSR count). The van der Waals surface area contributed by atoms with Crippen LogP contribution in [0.3, 0.4) is 0 Å². The highest BCUT2D eigenvalue weighted by molar-refractivity contribution is 5.83. The number of rotatable bonds is 38. The molecule has 0 heterocycles. The van der Waals surface area contributed by atoms with E-state index in [1.165, 1.54) is 19.3 Å². The number of allylic oxidation sites excluding steroid dienone is 15. The van der Waals surface area contributed by atoms with Crippen LogP contribution in [0.1, 0.15) is 174 Å². The van der Waals surface area contributed by atoms with E-state index in [9.17, 15) is 19.5 Å². The lowest BCUT2D eigenvalue weighted by atomic mass is 10.0. The van der Waals surface area contributed by atoms with Crippen molar-refractivity contribution in [3.8, 4) is 0 Å². The summed E-state index contributed by atoms with van der Waals surface area (Å²) in [4.78, 5) is 36.2. The van der Waals surface area contributed by atoms with E-state index in [2.05, 4.69) is 116 Å². The molecular formula is C49H80N2O5. The summed E-state index contributed by atoms with van der Waals surface area (Å²) < 4.78 is 5.91. The fourth-order valence-corrected chi connectivity index (χ4v) is 5.81. The van der Waals surface area contributed by atoms with Gasteiger partial charge in [-0.25, -0.2) is 4.79 Å². The molecule has 0 aliphatic carbocycles. The minimum atomic E-state index is -1.01. The number of ether oxygens (including phenoxy) is 1. The molecule has 56 heavy (non-hydrogen) atoms. The molecule has 0 aliphatic rings. The van der Waals surface area contributed by atoms with Crippen molar-refractivity contribution in [2.75, 3.05) is 6.54 Å². The van der Waals surface area contributed by atoms with Gasteiger partial charge in [-0.3, -0.25) is 9.59 Å². The van der Waals surface area contributed by atoms with Crippen molar-refractivity contribution in [3.63, 3.8) is 0 Å². The monoisotopic (exact) mass is 777 g/mol. The SMILES string of the molecule is CC/C=C\C/C=C\C/C=C\C/C=C\C/C=C\C/C=C\CCCCC(=O)OC(/C=C\C/C=C\CCCCC)CCCCCCCCC(=O)NC(CCCN)C(=O)O. The van der Waals surface area contributed by atoms with Crippen LogP contribution < -0.4 is 11.1 Å². The Kier molecular flexibility index (Phi) is 39.6. The molecule has 0 spiro atoms. The standard InChI is InChI=1S/C49H80N2O5/c1-3-5-7-9-11-13-14-15-16-17-18-19-20-21-22-23-24-25-27-33-37-43-48(53)56-45(39-34-30-26-12-10-8-6-4-2)40-35-31-28-29-32-36-42-47(52)51-46(49(54)55)41-38-44-50/h5,7,11-13,15-16,18-19,21-22,24-26,34,39,45-46H,3-4,6,8-10,14,17,20,23,27-33,35-38,40-44,50H2,1-2H3,(H,51,52)(H,54,55)/b7-5-,13-11-,16-15-,19-18-,22-21-,25-24-,26-12-,39-34-. The molecule has 0 radical (unpaired) electrons. The topological polar surface area (TPSA) is 119 Å². The van der Waals surface area contributed by atoms with Crippen LogP contribution in [0.4, 0.5) is 0 Å².